The van der Waals surface area contributed by atoms with Crippen LogP contribution >= 0.6 is 0 Å². The van der Waals surface area contributed by atoms with E-state index in [-0.39, 0.29) is 30.8 Å². The van der Waals surface area contributed by atoms with Gasteiger partial charge in [-0.2, -0.15) is 0 Å². The first-order chi connectivity index (χ1) is 18.9. The number of Topliss-reactive ketones (excluding diaryl/α,β-unsaturated/α-hetero) is 2. The Morgan fingerprint density at radius 1 is 0.718 bits per heavy atom. The van der Waals surface area contributed by atoms with Gasteiger partial charge in [-0.25, -0.2) is 0 Å². The van der Waals surface area contributed by atoms with Crippen molar-refractivity contribution in [2.24, 2.45) is 5.92 Å². The molecule has 8 nitrogen and oxygen atoms in total. The fourth-order valence-electron chi connectivity index (χ4n) is 3.00. The second-order valence-corrected chi connectivity index (χ2v) is 8.28. The Hall–Kier alpha value is -3.88. The minimum absolute atomic E-state index is 0.163. The number of carbonyl (C=O) groups excluding carboxylic acids is 4. The maximum Gasteiger partial charge on any atom is 0.315 e. The zero-order valence-electron chi connectivity index (χ0n) is 22.9. The maximum atomic E-state index is 11.6. The summed E-state index contributed by atoms with van der Waals surface area (Å²) >= 11 is 0. The van der Waals surface area contributed by atoms with E-state index in [1.165, 1.54) is 14.2 Å². The van der Waals surface area contributed by atoms with Crippen molar-refractivity contribution < 1.29 is 38.1 Å². The first kappa shape index (κ1) is 33.1. The van der Waals surface area contributed by atoms with Crippen LogP contribution in [0.3, 0.4) is 0 Å². The minimum Gasteiger partial charge on any atom is -0.469 e. The lowest BCUT2D eigenvalue weighted by atomic mass is 10.1. The average Bonchev–Trinajstić information content (AvgIpc) is 2.97. The van der Waals surface area contributed by atoms with Crippen LogP contribution in [0.2, 0.25) is 0 Å². The van der Waals surface area contributed by atoms with E-state index in [1.54, 1.807) is 6.92 Å². The summed E-state index contributed by atoms with van der Waals surface area (Å²) in [6.45, 7) is 3.05. The molecule has 2 rings (SSSR count). The number of hydrogen-bond acceptors (Lipinski definition) is 8. The number of rotatable bonds is 16. The topological polar surface area (TPSA) is 105 Å². The van der Waals surface area contributed by atoms with Crippen molar-refractivity contribution in [1.82, 2.24) is 0 Å². The van der Waals surface area contributed by atoms with Crippen LogP contribution in [0.25, 0.3) is 12.2 Å². The fourth-order valence-corrected chi connectivity index (χ4v) is 3.00. The highest BCUT2D eigenvalue weighted by molar-refractivity contribution is 5.98. The maximum absolute atomic E-state index is 11.6. The normalized spacial score (nSPS) is 11.5. The molecule has 2 aromatic carbocycles. The summed E-state index contributed by atoms with van der Waals surface area (Å²) in [6, 6.07) is 19.8. The van der Waals surface area contributed by atoms with Gasteiger partial charge >= 0.3 is 11.9 Å². The Morgan fingerprint density at radius 3 is 1.67 bits per heavy atom. The molecule has 0 aliphatic heterocycles. The third-order valence-electron chi connectivity index (χ3n) is 5.27. The zero-order valence-corrected chi connectivity index (χ0v) is 22.9. The molecule has 0 aliphatic carbocycles. The first-order valence-electron chi connectivity index (χ1n) is 12.6. The predicted octanol–water partition coefficient (Wildman–Crippen LogP) is 4.72. The van der Waals surface area contributed by atoms with Crippen molar-refractivity contribution in [3.05, 3.63) is 83.9 Å². The molecular weight excluding hydrogens is 500 g/mol. The molecule has 1 atom stereocenters. The van der Waals surface area contributed by atoms with Gasteiger partial charge < -0.3 is 18.9 Å². The molecule has 0 saturated carbocycles. The molecular formula is C31H38O8. The number of ether oxygens (including phenoxy) is 4. The van der Waals surface area contributed by atoms with Crippen molar-refractivity contribution in [1.29, 1.82) is 0 Å². The van der Waals surface area contributed by atoms with E-state index in [0.717, 1.165) is 11.1 Å². The van der Waals surface area contributed by atoms with Crippen LogP contribution in [-0.4, -0.2) is 64.2 Å². The van der Waals surface area contributed by atoms with Crippen LogP contribution in [0.4, 0.5) is 0 Å². The van der Waals surface area contributed by atoms with Crippen LogP contribution in [0.5, 0.6) is 0 Å². The molecule has 0 aromatic heterocycles. The minimum atomic E-state index is -0.719. The lowest BCUT2D eigenvalue weighted by Crippen LogP contribution is -2.23. The molecule has 0 radical (unpaired) electrons. The number of ketones is 2. The van der Waals surface area contributed by atoms with E-state index in [9.17, 15) is 19.2 Å². The van der Waals surface area contributed by atoms with Crippen LogP contribution in [0, 0.1) is 5.92 Å². The van der Waals surface area contributed by atoms with Gasteiger partial charge in [-0.1, -0.05) is 85.0 Å². The highest BCUT2D eigenvalue weighted by Gasteiger charge is 2.21. The molecule has 0 bridgehead atoms. The molecule has 39 heavy (non-hydrogen) atoms. The molecule has 1 unspecified atom stereocenters. The Balaban J connectivity index is 0.000000391. The number of hydrogen-bond donors (Lipinski definition) is 0. The first-order valence-corrected chi connectivity index (χ1v) is 12.6. The van der Waals surface area contributed by atoms with Gasteiger partial charge in [-0.3, -0.25) is 19.2 Å². The Labute approximate surface area is 230 Å². The van der Waals surface area contributed by atoms with Gasteiger partial charge in [0.1, 0.15) is 23.9 Å². The molecule has 8 heteroatoms. The zero-order chi connectivity index (χ0) is 28.7. The summed E-state index contributed by atoms with van der Waals surface area (Å²) in [6.07, 6.45) is 7.96. The Kier molecular flexibility index (Phi) is 17.9. The van der Waals surface area contributed by atoms with Crippen molar-refractivity contribution in [3.8, 4) is 0 Å². The van der Waals surface area contributed by atoms with E-state index in [4.69, 9.17) is 9.47 Å². The third-order valence-corrected chi connectivity index (χ3v) is 5.27. The number of benzene rings is 2. The number of carbonyl (C=O) groups is 4. The quantitative estimate of drug-likeness (QED) is 0.172. The van der Waals surface area contributed by atoms with Gasteiger partial charge in [-0.05, 0) is 18.1 Å². The highest BCUT2D eigenvalue weighted by atomic mass is 16.5. The summed E-state index contributed by atoms with van der Waals surface area (Å²) in [4.78, 5) is 44.8. The van der Waals surface area contributed by atoms with Gasteiger partial charge in [-0.15, -0.1) is 0 Å². The van der Waals surface area contributed by atoms with E-state index >= 15 is 0 Å². The monoisotopic (exact) mass is 538 g/mol. The summed E-state index contributed by atoms with van der Waals surface area (Å²) < 4.78 is 19.5. The van der Waals surface area contributed by atoms with Crippen molar-refractivity contribution in [2.75, 3.05) is 40.6 Å². The van der Waals surface area contributed by atoms with Crippen molar-refractivity contribution in [2.45, 2.75) is 26.2 Å². The molecule has 2 aromatic rings. The molecule has 0 saturated heterocycles. The standard InChI is InChI=1S/C16H20O4.C15H18O4/c1-13(16(18)19-2)15(17)10-12-20-11-6-9-14-7-4-3-5-8-14;1-18-15(17)12-14(16)9-11-19-10-5-8-13-6-3-2-4-7-13/h3-9,13H,10-12H2,1-2H3;2-8H,9-12H2,1H3/b9-6+;8-5+. The van der Waals surface area contributed by atoms with Gasteiger partial charge in [0.2, 0.25) is 0 Å². The summed E-state index contributed by atoms with van der Waals surface area (Å²) in [5.74, 6) is -2.06. The van der Waals surface area contributed by atoms with Gasteiger partial charge in [0.05, 0.1) is 40.6 Å². The Morgan fingerprint density at radius 2 is 1.21 bits per heavy atom. The molecule has 0 fully saturated rings. The second kappa shape index (κ2) is 21.1. The highest BCUT2D eigenvalue weighted by Crippen LogP contribution is 2.04. The summed E-state index contributed by atoms with van der Waals surface area (Å²) in [5.41, 5.74) is 2.21. The molecule has 0 aliphatic rings. The van der Waals surface area contributed by atoms with Gasteiger partial charge in [0, 0.05) is 12.8 Å². The molecule has 0 N–H and O–H groups in total. The molecule has 210 valence electrons. The van der Waals surface area contributed by atoms with Crippen LogP contribution in [-0.2, 0) is 38.1 Å². The Bertz CT molecular complexity index is 1040. The lowest BCUT2D eigenvalue weighted by molar-refractivity contribution is -0.149. The number of esters is 2. The van der Waals surface area contributed by atoms with Crippen LogP contribution < -0.4 is 0 Å². The molecule has 0 spiro atoms. The van der Waals surface area contributed by atoms with Gasteiger partial charge in [0.25, 0.3) is 0 Å². The fraction of sp³-hybridized carbons (Fsp3) is 0.355. The van der Waals surface area contributed by atoms with Crippen molar-refractivity contribution in [3.63, 3.8) is 0 Å². The van der Waals surface area contributed by atoms with E-state index in [0.29, 0.717) is 26.4 Å². The third kappa shape index (κ3) is 16.5. The van der Waals surface area contributed by atoms with E-state index in [1.807, 2.05) is 85.0 Å². The van der Waals surface area contributed by atoms with Crippen molar-refractivity contribution >= 4 is 35.7 Å². The van der Waals surface area contributed by atoms with Gasteiger partial charge in [0.15, 0.2) is 0 Å². The average molecular weight is 539 g/mol. The smallest absolute Gasteiger partial charge is 0.315 e. The number of methoxy groups -OCH3 is 2. The van der Waals surface area contributed by atoms with E-state index in [2.05, 4.69) is 9.47 Å². The molecule has 0 heterocycles. The second-order valence-electron chi connectivity index (χ2n) is 8.28. The summed E-state index contributed by atoms with van der Waals surface area (Å²) in [7, 11) is 2.54. The van der Waals surface area contributed by atoms with Crippen LogP contribution in [0.1, 0.15) is 37.3 Å². The summed E-state index contributed by atoms with van der Waals surface area (Å²) in [5, 5.41) is 0. The van der Waals surface area contributed by atoms with Crippen LogP contribution in [0.15, 0.2) is 72.8 Å². The predicted molar refractivity (Wildman–Crippen MR) is 150 cm³/mol. The SMILES string of the molecule is COC(=O)C(C)C(=O)CCOC/C=C/c1ccccc1.COC(=O)CC(=O)CCOC/C=C/c1ccccc1. The lowest BCUT2D eigenvalue weighted by Gasteiger charge is -2.07. The van der Waals surface area contributed by atoms with E-state index < -0.39 is 17.9 Å². The largest absolute Gasteiger partial charge is 0.469 e. The molecule has 0 amide bonds.